The number of carboxylic acids is 1. The number of aliphatic carboxylic acids is 1. The zero-order chi connectivity index (χ0) is 15.6. The van der Waals surface area contributed by atoms with Crippen molar-refractivity contribution in [3.05, 3.63) is 34.9 Å². The minimum atomic E-state index is -0.996. The van der Waals surface area contributed by atoms with Gasteiger partial charge < -0.3 is 15.3 Å². The second-order valence-corrected chi connectivity index (χ2v) is 6.33. The number of carbonyl (C=O) groups is 2. The van der Waals surface area contributed by atoms with Crippen LogP contribution in [0, 0.1) is 0 Å². The van der Waals surface area contributed by atoms with Crippen molar-refractivity contribution in [2.45, 2.75) is 39.3 Å². The average Bonchev–Trinajstić information content (AvgIpc) is 2.42. The van der Waals surface area contributed by atoms with Crippen LogP contribution >= 0.6 is 0 Å². The highest BCUT2D eigenvalue weighted by Gasteiger charge is 2.31. The normalized spacial score (nSPS) is 14.4. The van der Waals surface area contributed by atoms with Gasteiger partial charge in [-0.1, -0.05) is 12.1 Å². The lowest BCUT2D eigenvalue weighted by Crippen LogP contribution is -2.48. The van der Waals surface area contributed by atoms with Crippen LogP contribution in [0.3, 0.4) is 0 Å². The molecule has 0 atom stereocenters. The Labute approximate surface area is 125 Å². The first-order valence-corrected chi connectivity index (χ1v) is 7.16. The van der Waals surface area contributed by atoms with Crippen molar-refractivity contribution in [3.63, 3.8) is 0 Å². The first-order valence-electron chi connectivity index (χ1n) is 7.16. The molecule has 0 unspecified atom stereocenters. The highest BCUT2D eigenvalue weighted by Crippen LogP contribution is 2.23. The molecule has 2 N–H and O–H groups in total. The number of nitrogens with one attached hydrogen (secondary N) is 1. The lowest BCUT2D eigenvalue weighted by atomic mass is 9.93. The van der Waals surface area contributed by atoms with E-state index in [0.717, 1.165) is 30.6 Å². The Morgan fingerprint density at radius 1 is 1.33 bits per heavy atom. The molecule has 1 aliphatic rings. The van der Waals surface area contributed by atoms with Gasteiger partial charge >= 0.3 is 5.97 Å². The number of carbonyl (C=O) groups excluding carboxylic acids is 1. The van der Waals surface area contributed by atoms with Gasteiger partial charge in [-0.05, 0) is 50.9 Å². The van der Waals surface area contributed by atoms with Crippen molar-refractivity contribution in [2.75, 3.05) is 13.1 Å². The molecule has 1 amide bonds. The van der Waals surface area contributed by atoms with Gasteiger partial charge in [0.1, 0.15) is 6.54 Å². The summed E-state index contributed by atoms with van der Waals surface area (Å²) in [5, 5.41) is 12.4. The van der Waals surface area contributed by atoms with Gasteiger partial charge in [-0.25, -0.2) is 0 Å². The summed E-state index contributed by atoms with van der Waals surface area (Å²) in [5.41, 5.74) is 2.26. The zero-order valence-corrected chi connectivity index (χ0v) is 12.8. The van der Waals surface area contributed by atoms with Crippen molar-refractivity contribution in [1.82, 2.24) is 10.2 Å². The standard InChI is InChI=1S/C16H22N2O3/c1-16(2,3)18(10-14(19)20)15(21)13-6-4-5-11-9-17-8-7-12(11)13/h4-6,17H,7-10H2,1-3H3,(H,19,20). The van der Waals surface area contributed by atoms with Gasteiger partial charge in [0.15, 0.2) is 0 Å². The van der Waals surface area contributed by atoms with E-state index in [-0.39, 0.29) is 12.5 Å². The number of fused-ring (bicyclic) bond motifs is 1. The molecule has 0 spiro atoms. The zero-order valence-electron chi connectivity index (χ0n) is 12.8. The van der Waals surface area contributed by atoms with E-state index in [4.69, 9.17) is 5.11 Å². The van der Waals surface area contributed by atoms with E-state index >= 15 is 0 Å². The first kappa shape index (κ1) is 15.5. The van der Waals surface area contributed by atoms with Crippen molar-refractivity contribution in [1.29, 1.82) is 0 Å². The second-order valence-electron chi connectivity index (χ2n) is 6.33. The molecule has 1 heterocycles. The summed E-state index contributed by atoms with van der Waals surface area (Å²) in [5.74, 6) is -1.20. The fourth-order valence-electron chi connectivity index (χ4n) is 2.63. The molecule has 5 nitrogen and oxygen atoms in total. The van der Waals surface area contributed by atoms with Crippen molar-refractivity contribution >= 4 is 11.9 Å². The molecule has 0 bridgehead atoms. The minimum Gasteiger partial charge on any atom is -0.480 e. The van der Waals surface area contributed by atoms with E-state index in [1.807, 2.05) is 32.9 Å². The summed E-state index contributed by atoms with van der Waals surface area (Å²) in [6.45, 7) is 6.86. The van der Waals surface area contributed by atoms with E-state index in [1.54, 1.807) is 6.07 Å². The third-order valence-corrected chi connectivity index (χ3v) is 3.72. The van der Waals surface area contributed by atoms with Gasteiger partial charge in [-0.2, -0.15) is 0 Å². The van der Waals surface area contributed by atoms with Crippen LogP contribution in [0.5, 0.6) is 0 Å². The predicted molar refractivity (Wildman–Crippen MR) is 80.3 cm³/mol. The van der Waals surface area contributed by atoms with Crippen LogP contribution in [0.25, 0.3) is 0 Å². The van der Waals surface area contributed by atoms with Gasteiger partial charge in [0, 0.05) is 17.6 Å². The van der Waals surface area contributed by atoms with Crippen LogP contribution < -0.4 is 5.32 Å². The molecule has 2 rings (SSSR count). The summed E-state index contributed by atoms with van der Waals surface area (Å²) in [4.78, 5) is 25.3. The van der Waals surface area contributed by atoms with E-state index in [2.05, 4.69) is 5.32 Å². The number of benzene rings is 1. The lowest BCUT2D eigenvalue weighted by Gasteiger charge is -2.35. The van der Waals surface area contributed by atoms with Crippen LogP contribution in [0.2, 0.25) is 0 Å². The molecule has 1 aliphatic heterocycles. The summed E-state index contributed by atoms with van der Waals surface area (Å²) in [7, 11) is 0. The Morgan fingerprint density at radius 2 is 2.05 bits per heavy atom. The van der Waals surface area contributed by atoms with Crippen LogP contribution in [-0.4, -0.2) is 40.5 Å². The van der Waals surface area contributed by atoms with E-state index in [0.29, 0.717) is 5.56 Å². The van der Waals surface area contributed by atoms with Gasteiger partial charge in [-0.15, -0.1) is 0 Å². The minimum absolute atomic E-state index is 0.205. The molecular weight excluding hydrogens is 268 g/mol. The molecule has 0 saturated heterocycles. The third kappa shape index (κ3) is 3.42. The molecule has 0 aromatic heterocycles. The maximum Gasteiger partial charge on any atom is 0.323 e. The van der Waals surface area contributed by atoms with Crippen molar-refractivity contribution < 1.29 is 14.7 Å². The van der Waals surface area contributed by atoms with Gasteiger partial charge in [0.2, 0.25) is 0 Å². The Bertz CT molecular complexity index is 561. The third-order valence-electron chi connectivity index (χ3n) is 3.72. The summed E-state index contributed by atoms with van der Waals surface area (Å²) < 4.78 is 0. The number of rotatable bonds is 3. The largest absolute Gasteiger partial charge is 0.480 e. The molecular formula is C16H22N2O3. The summed E-state index contributed by atoms with van der Waals surface area (Å²) in [6, 6.07) is 5.67. The Morgan fingerprint density at radius 3 is 2.67 bits per heavy atom. The quantitative estimate of drug-likeness (QED) is 0.888. The number of carboxylic acid groups (broad SMARTS) is 1. The maximum atomic E-state index is 12.8. The van der Waals surface area contributed by atoms with Crippen LogP contribution in [0.4, 0.5) is 0 Å². The predicted octanol–water partition coefficient (Wildman–Crippen LogP) is 1.66. The van der Waals surface area contributed by atoms with Crippen LogP contribution in [-0.2, 0) is 17.8 Å². The van der Waals surface area contributed by atoms with E-state index in [9.17, 15) is 9.59 Å². The maximum absolute atomic E-state index is 12.8. The first-order chi connectivity index (χ1) is 9.80. The number of hydrogen-bond donors (Lipinski definition) is 2. The SMILES string of the molecule is CC(C)(C)N(CC(=O)O)C(=O)c1cccc2c1CCNC2. The number of hydrogen-bond acceptors (Lipinski definition) is 3. The smallest absolute Gasteiger partial charge is 0.323 e. The number of nitrogens with zero attached hydrogens (tertiary/aromatic N) is 1. The molecule has 0 saturated carbocycles. The fourth-order valence-corrected chi connectivity index (χ4v) is 2.63. The average molecular weight is 290 g/mol. The lowest BCUT2D eigenvalue weighted by molar-refractivity contribution is -0.138. The molecule has 0 radical (unpaired) electrons. The number of amides is 1. The Hall–Kier alpha value is -1.88. The second kappa shape index (κ2) is 5.85. The molecule has 21 heavy (non-hydrogen) atoms. The highest BCUT2D eigenvalue weighted by molar-refractivity contribution is 5.98. The monoisotopic (exact) mass is 290 g/mol. The topological polar surface area (TPSA) is 69.6 Å². The van der Waals surface area contributed by atoms with E-state index in [1.165, 1.54) is 4.90 Å². The summed E-state index contributed by atoms with van der Waals surface area (Å²) in [6.07, 6.45) is 0.794. The molecule has 1 aromatic rings. The molecule has 114 valence electrons. The van der Waals surface area contributed by atoms with E-state index < -0.39 is 11.5 Å². The van der Waals surface area contributed by atoms with Gasteiger partial charge in [0.05, 0.1) is 0 Å². The van der Waals surface area contributed by atoms with Crippen LogP contribution in [0.15, 0.2) is 18.2 Å². The van der Waals surface area contributed by atoms with Gasteiger partial charge in [0.25, 0.3) is 5.91 Å². The Kier molecular flexibility index (Phi) is 4.32. The van der Waals surface area contributed by atoms with Crippen molar-refractivity contribution in [3.8, 4) is 0 Å². The molecule has 0 fully saturated rings. The fraction of sp³-hybridized carbons (Fsp3) is 0.500. The highest BCUT2D eigenvalue weighted by atomic mass is 16.4. The summed E-state index contributed by atoms with van der Waals surface area (Å²) >= 11 is 0. The molecule has 1 aromatic carbocycles. The van der Waals surface area contributed by atoms with Crippen molar-refractivity contribution in [2.24, 2.45) is 0 Å². The van der Waals surface area contributed by atoms with Gasteiger partial charge in [-0.3, -0.25) is 9.59 Å². The molecule has 5 heteroatoms. The molecule has 0 aliphatic carbocycles. The van der Waals surface area contributed by atoms with Crippen LogP contribution in [0.1, 0.15) is 42.3 Å². The Balaban J connectivity index is 2.39.